The van der Waals surface area contributed by atoms with Crippen molar-refractivity contribution in [2.45, 2.75) is 6.54 Å². The Labute approximate surface area is 191 Å². The van der Waals surface area contributed by atoms with Gasteiger partial charge in [-0.3, -0.25) is 9.59 Å². The lowest BCUT2D eigenvalue weighted by atomic mass is 10.1. The summed E-state index contributed by atoms with van der Waals surface area (Å²) in [4.78, 5) is 27.1. The van der Waals surface area contributed by atoms with Gasteiger partial charge in [0.15, 0.2) is 11.5 Å². The van der Waals surface area contributed by atoms with Crippen LogP contribution in [-0.4, -0.2) is 25.9 Å². The van der Waals surface area contributed by atoms with Crippen LogP contribution in [0.4, 0.5) is 11.4 Å². The highest BCUT2D eigenvalue weighted by atomic mass is 35.5. The van der Waals surface area contributed by atoms with E-state index >= 15 is 0 Å². The molecular weight excluding hydrogens is 426 g/mol. The van der Waals surface area contributed by atoms with Crippen molar-refractivity contribution in [3.63, 3.8) is 0 Å². The van der Waals surface area contributed by atoms with Crippen molar-refractivity contribution in [1.82, 2.24) is 5.32 Å². The van der Waals surface area contributed by atoms with Crippen molar-refractivity contribution in [3.8, 4) is 5.75 Å². The van der Waals surface area contributed by atoms with Crippen LogP contribution >= 0.6 is 11.6 Å². The van der Waals surface area contributed by atoms with Crippen LogP contribution in [0.2, 0.25) is 5.02 Å². The Kier molecular flexibility index (Phi) is 6.14. The molecule has 32 heavy (non-hydrogen) atoms. The molecule has 2 N–H and O–H groups in total. The fraction of sp³-hybridized carbons (Fsp3) is 0.120. The van der Waals surface area contributed by atoms with Gasteiger partial charge >= 0.3 is 0 Å². The molecular formula is C25H22ClN3O3. The summed E-state index contributed by atoms with van der Waals surface area (Å²) >= 11 is 6.16. The number of fused-ring (bicyclic) bond motifs is 1. The first kappa shape index (κ1) is 21.5. The molecule has 0 spiro atoms. The van der Waals surface area contributed by atoms with E-state index in [1.54, 1.807) is 36.4 Å². The van der Waals surface area contributed by atoms with Crippen LogP contribution in [0.25, 0.3) is 6.08 Å². The molecule has 4 rings (SSSR count). The van der Waals surface area contributed by atoms with Crippen molar-refractivity contribution in [1.29, 1.82) is 0 Å². The average Bonchev–Trinajstić information content (AvgIpc) is 2.79. The second-order valence-electron chi connectivity index (χ2n) is 7.54. The molecule has 6 nitrogen and oxygen atoms in total. The van der Waals surface area contributed by atoms with Gasteiger partial charge in [0, 0.05) is 36.9 Å². The average molecular weight is 448 g/mol. The third kappa shape index (κ3) is 4.76. The van der Waals surface area contributed by atoms with Crippen LogP contribution < -0.4 is 20.3 Å². The number of rotatable bonds is 5. The van der Waals surface area contributed by atoms with Crippen molar-refractivity contribution in [2.24, 2.45) is 0 Å². The number of nitrogens with zero attached hydrogens (tertiary/aromatic N) is 1. The minimum Gasteiger partial charge on any atom is -0.449 e. The molecule has 162 valence electrons. The quantitative estimate of drug-likeness (QED) is 0.556. The molecule has 3 aromatic carbocycles. The Balaban J connectivity index is 1.45. The van der Waals surface area contributed by atoms with Crippen LogP contribution in [0.1, 0.15) is 21.5 Å². The Morgan fingerprint density at radius 3 is 2.56 bits per heavy atom. The van der Waals surface area contributed by atoms with Crippen LogP contribution in [0, 0.1) is 0 Å². The zero-order valence-corrected chi connectivity index (χ0v) is 18.4. The van der Waals surface area contributed by atoms with Gasteiger partial charge in [-0.05, 0) is 53.6 Å². The van der Waals surface area contributed by atoms with Gasteiger partial charge in [-0.15, -0.1) is 0 Å². The normalized spacial score (nSPS) is 13.7. The van der Waals surface area contributed by atoms with E-state index in [-0.39, 0.29) is 11.7 Å². The van der Waals surface area contributed by atoms with Gasteiger partial charge in [-0.2, -0.15) is 0 Å². The molecule has 0 fully saturated rings. The molecule has 0 bridgehead atoms. The molecule has 2 amide bonds. The fourth-order valence-electron chi connectivity index (χ4n) is 3.23. The van der Waals surface area contributed by atoms with Crippen molar-refractivity contribution < 1.29 is 14.3 Å². The number of hydrogen-bond donors (Lipinski definition) is 2. The summed E-state index contributed by atoms with van der Waals surface area (Å²) in [6.07, 6.45) is 1.59. The first-order chi connectivity index (χ1) is 15.4. The predicted molar refractivity (Wildman–Crippen MR) is 127 cm³/mol. The van der Waals surface area contributed by atoms with Crippen molar-refractivity contribution in [2.75, 3.05) is 24.3 Å². The molecule has 1 heterocycles. The lowest BCUT2D eigenvalue weighted by Crippen LogP contribution is -2.25. The second-order valence-corrected chi connectivity index (χ2v) is 7.95. The lowest BCUT2D eigenvalue weighted by molar-refractivity contribution is -0.115. The first-order valence-electron chi connectivity index (χ1n) is 10.0. The van der Waals surface area contributed by atoms with E-state index < -0.39 is 5.91 Å². The summed E-state index contributed by atoms with van der Waals surface area (Å²) in [6.45, 7) is 0.400. The molecule has 0 saturated heterocycles. The minimum atomic E-state index is -0.407. The minimum absolute atomic E-state index is 0.129. The topological polar surface area (TPSA) is 70.7 Å². The van der Waals surface area contributed by atoms with Gasteiger partial charge in [0.2, 0.25) is 0 Å². The number of ether oxygens (including phenoxy) is 1. The van der Waals surface area contributed by atoms with E-state index in [4.69, 9.17) is 16.3 Å². The van der Waals surface area contributed by atoms with E-state index in [9.17, 15) is 9.59 Å². The maximum Gasteiger partial charge on any atom is 0.291 e. The van der Waals surface area contributed by atoms with Crippen LogP contribution in [0.3, 0.4) is 0 Å². The Hall–Kier alpha value is -3.77. The highest BCUT2D eigenvalue weighted by molar-refractivity contribution is 6.32. The third-order valence-electron chi connectivity index (χ3n) is 5.03. The molecule has 0 aromatic heterocycles. The molecule has 0 atom stereocenters. The van der Waals surface area contributed by atoms with Crippen LogP contribution in [0.5, 0.6) is 5.75 Å². The predicted octanol–water partition coefficient (Wildman–Crippen LogP) is 4.71. The van der Waals surface area contributed by atoms with Crippen molar-refractivity contribution >= 4 is 40.9 Å². The molecule has 3 aromatic rings. The Morgan fingerprint density at radius 1 is 1.09 bits per heavy atom. The number of carbonyl (C=O) groups is 2. The molecule has 0 aliphatic carbocycles. The highest BCUT2D eigenvalue weighted by Crippen LogP contribution is 2.33. The number of carbonyl (C=O) groups excluding carboxylic acids is 2. The maximum absolute atomic E-state index is 12.6. The van der Waals surface area contributed by atoms with E-state index in [0.717, 1.165) is 11.3 Å². The maximum atomic E-state index is 12.6. The number of amides is 2. The summed E-state index contributed by atoms with van der Waals surface area (Å²) in [7, 11) is 3.95. The highest BCUT2D eigenvalue weighted by Gasteiger charge is 2.23. The van der Waals surface area contributed by atoms with Gasteiger partial charge in [-0.25, -0.2) is 0 Å². The van der Waals surface area contributed by atoms with Gasteiger partial charge in [0.25, 0.3) is 11.8 Å². The van der Waals surface area contributed by atoms with Crippen LogP contribution in [-0.2, 0) is 11.3 Å². The van der Waals surface area contributed by atoms with E-state index in [0.29, 0.717) is 34.1 Å². The SMILES string of the molecule is CN(C)c1ccc(CNC(=O)c2ccc3c(c2)NC(=O)/C(=C\c2ccccc2Cl)O3)cc1. The van der Waals surface area contributed by atoms with Crippen LogP contribution in [0.15, 0.2) is 72.5 Å². The zero-order chi connectivity index (χ0) is 22.7. The summed E-state index contributed by atoms with van der Waals surface area (Å²) < 4.78 is 5.75. The van der Waals surface area contributed by atoms with Crippen molar-refractivity contribution in [3.05, 3.63) is 94.2 Å². The molecule has 1 aliphatic rings. The van der Waals surface area contributed by atoms with E-state index in [1.807, 2.05) is 55.4 Å². The first-order valence-corrected chi connectivity index (χ1v) is 10.4. The summed E-state index contributed by atoms with van der Waals surface area (Å²) in [5.41, 5.74) is 3.63. The molecule has 0 radical (unpaired) electrons. The summed E-state index contributed by atoms with van der Waals surface area (Å²) in [6, 6.07) is 20.1. The second kappa shape index (κ2) is 9.16. The molecule has 0 saturated carbocycles. The van der Waals surface area contributed by atoms with Gasteiger partial charge in [-0.1, -0.05) is 41.9 Å². The fourth-order valence-corrected chi connectivity index (χ4v) is 3.42. The molecule has 7 heteroatoms. The third-order valence-corrected chi connectivity index (χ3v) is 5.38. The molecule has 1 aliphatic heterocycles. The number of hydrogen-bond acceptors (Lipinski definition) is 4. The van der Waals surface area contributed by atoms with E-state index in [2.05, 4.69) is 10.6 Å². The zero-order valence-electron chi connectivity index (χ0n) is 17.7. The smallest absolute Gasteiger partial charge is 0.291 e. The van der Waals surface area contributed by atoms with Gasteiger partial charge in [0.1, 0.15) is 0 Å². The van der Waals surface area contributed by atoms with Gasteiger partial charge in [0.05, 0.1) is 5.69 Å². The van der Waals surface area contributed by atoms with E-state index in [1.165, 1.54) is 0 Å². The summed E-state index contributed by atoms with van der Waals surface area (Å²) in [5.74, 6) is -0.0604. The Morgan fingerprint density at radius 2 is 1.84 bits per heavy atom. The number of halogens is 1. The van der Waals surface area contributed by atoms with Gasteiger partial charge < -0.3 is 20.3 Å². The largest absolute Gasteiger partial charge is 0.449 e. The molecule has 0 unspecified atom stereocenters. The number of nitrogens with one attached hydrogen (secondary N) is 2. The lowest BCUT2D eigenvalue weighted by Gasteiger charge is -2.20. The Bertz CT molecular complexity index is 1200. The number of benzene rings is 3. The standard InChI is InChI=1S/C25H22ClN3O3/c1-29(2)19-10-7-16(8-11-19)15-27-24(30)18-9-12-22-21(13-18)28-25(31)23(32-22)14-17-5-3-4-6-20(17)26/h3-14H,15H2,1-2H3,(H,27,30)(H,28,31)/b23-14+. The monoisotopic (exact) mass is 447 g/mol. The number of anilines is 2. The summed E-state index contributed by atoms with van der Waals surface area (Å²) in [5, 5.41) is 6.19.